The maximum atomic E-state index is 13.3. The third-order valence-electron chi connectivity index (χ3n) is 6.42. The Balaban J connectivity index is 1.37. The van der Waals surface area contributed by atoms with Gasteiger partial charge in [0.25, 0.3) is 11.5 Å². The number of aromatic hydroxyl groups is 1. The first-order valence-corrected chi connectivity index (χ1v) is 13.6. The van der Waals surface area contributed by atoms with Gasteiger partial charge in [-0.3, -0.25) is 9.59 Å². The average Bonchev–Trinajstić information content (AvgIpc) is 3.43. The molecule has 10 nitrogen and oxygen atoms in total. The number of amides is 1. The highest BCUT2D eigenvalue weighted by Gasteiger charge is 2.17. The highest BCUT2D eigenvalue weighted by atomic mass is 32.2. The Morgan fingerprint density at radius 2 is 1.75 bits per heavy atom. The van der Waals surface area contributed by atoms with Crippen LogP contribution in [0.25, 0.3) is 22.1 Å². The Labute approximate surface area is 234 Å². The first-order valence-electron chi connectivity index (χ1n) is 12.6. The van der Waals surface area contributed by atoms with Gasteiger partial charge < -0.3 is 5.11 Å². The summed E-state index contributed by atoms with van der Waals surface area (Å²) in [6.45, 7) is 6.13. The number of carbonyl (C=O) groups is 1. The Bertz CT molecular complexity index is 1780. The number of nitrogens with zero attached hydrogens (tertiary/aromatic N) is 6. The molecular formula is C29H27N7O3S. The van der Waals surface area contributed by atoms with Crippen molar-refractivity contribution in [2.45, 2.75) is 31.8 Å². The first kappa shape index (κ1) is 26.8. The molecule has 0 atom stereocenters. The Morgan fingerprint density at radius 1 is 1.05 bits per heavy atom. The fraction of sp³-hybridized carbons (Fsp3) is 0.172. The van der Waals surface area contributed by atoms with E-state index in [4.69, 9.17) is 0 Å². The smallest absolute Gasteiger partial charge is 0.265 e. The van der Waals surface area contributed by atoms with Crippen molar-refractivity contribution >= 4 is 34.7 Å². The lowest BCUT2D eigenvalue weighted by atomic mass is 10.0. The Hall–Kier alpha value is -4.77. The number of hydrogen-bond acceptors (Lipinski definition) is 8. The number of thioether (sulfide) groups is 1. The number of hydrazone groups is 1. The molecule has 202 valence electrons. The molecule has 11 heteroatoms. The Kier molecular flexibility index (Phi) is 7.74. The predicted octanol–water partition coefficient (Wildman–Crippen LogP) is 4.35. The summed E-state index contributed by atoms with van der Waals surface area (Å²) in [5.41, 5.74) is 5.90. The topological polar surface area (TPSA) is 127 Å². The lowest BCUT2D eigenvalue weighted by molar-refractivity contribution is -0.118. The number of carbonyl (C=O) groups excluding carboxylic acids is 1. The fourth-order valence-corrected chi connectivity index (χ4v) is 4.97. The number of benzene rings is 3. The molecule has 0 saturated carbocycles. The van der Waals surface area contributed by atoms with E-state index in [9.17, 15) is 14.7 Å². The normalized spacial score (nSPS) is 11.5. The average molecular weight is 554 g/mol. The first-order chi connectivity index (χ1) is 19.3. The van der Waals surface area contributed by atoms with Crippen LogP contribution < -0.4 is 11.0 Å². The van der Waals surface area contributed by atoms with Crippen LogP contribution in [0.2, 0.25) is 0 Å². The van der Waals surface area contributed by atoms with Crippen molar-refractivity contribution in [3.05, 3.63) is 99.8 Å². The van der Waals surface area contributed by atoms with Crippen molar-refractivity contribution in [2.24, 2.45) is 5.10 Å². The third-order valence-corrected chi connectivity index (χ3v) is 7.34. The molecule has 0 aliphatic heterocycles. The zero-order chi connectivity index (χ0) is 28.2. The van der Waals surface area contributed by atoms with E-state index >= 15 is 0 Å². The van der Waals surface area contributed by atoms with Crippen LogP contribution in [0.4, 0.5) is 0 Å². The monoisotopic (exact) mass is 553 g/mol. The molecule has 40 heavy (non-hydrogen) atoms. The number of nitrogens with one attached hydrogen (secondary N) is 1. The van der Waals surface area contributed by atoms with E-state index in [-0.39, 0.29) is 23.1 Å². The number of aryl methyl sites for hydroxylation is 1. The van der Waals surface area contributed by atoms with Crippen LogP contribution in [0.3, 0.4) is 0 Å². The summed E-state index contributed by atoms with van der Waals surface area (Å²) in [4.78, 5) is 25.9. The minimum absolute atomic E-state index is 0.0119. The summed E-state index contributed by atoms with van der Waals surface area (Å²) >= 11 is 1.17. The van der Waals surface area contributed by atoms with E-state index in [1.54, 1.807) is 41.1 Å². The second kappa shape index (κ2) is 11.5. The van der Waals surface area contributed by atoms with Crippen LogP contribution in [0.15, 0.2) is 87.8 Å². The standard InChI is InChI=1S/C29H27N7O3S/c1-18(2)20-12-14-21(15-13-20)35-27(38)23-10-6-5-9-22(23)24(28(35)39)16-30-31-26(37)17-40-29-32-33-34-36(29)25-11-7-4-8-19(25)3/h4-16,18,39H,17H2,1-3H3,(H,31,37)/b30-16-. The molecule has 5 aromatic rings. The molecular weight excluding hydrogens is 526 g/mol. The molecule has 2 heterocycles. The molecule has 0 spiro atoms. The summed E-state index contributed by atoms with van der Waals surface area (Å²) in [6.07, 6.45) is 1.34. The molecule has 0 aliphatic carbocycles. The number of fused-ring (bicyclic) bond motifs is 1. The second-order valence-electron chi connectivity index (χ2n) is 9.41. The van der Waals surface area contributed by atoms with Crippen LogP contribution in [-0.4, -0.2) is 47.8 Å². The summed E-state index contributed by atoms with van der Waals surface area (Å²) in [7, 11) is 0. The molecule has 0 unspecified atom stereocenters. The van der Waals surface area contributed by atoms with Crippen molar-refractivity contribution in [1.29, 1.82) is 0 Å². The van der Waals surface area contributed by atoms with Crippen molar-refractivity contribution in [3.63, 3.8) is 0 Å². The highest BCUT2D eigenvalue weighted by Crippen LogP contribution is 2.27. The minimum atomic E-state index is -0.387. The molecule has 1 amide bonds. The summed E-state index contributed by atoms with van der Waals surface area (Å²) < 4.78 is 2.83. The molecule has 5 rings (SSSR count). The van der Waals surface area contributed by atoms with Crippen molar-refractivity contribution in [1.82, 2.24) is 30.2 Å². The van der Waals surface area contributed by atoms with Gasteiger partial charge in [0.1, 0.15) is 0 Å². The molecule has 2 N–H and O–H groups in total. The SMILES string of the molecule is Cc1ccccc1-n1nnnc1SCC(=O)N/N=C\c1c(O)n(-c2ccc(C(C)C)cc2)c(=O)c2ccccc12. The zero-order valence-corrected chi connectivity index (χ0v) is 23.0. The van der Waals surface area contributed by atoms with Gasteiger partial charge in [0.2, 0.25) is 11.0 Å². The lowest BCUT2D eigenvalue weighted by Crippen LogP contribution is -2.22. The molecule has 0 bridgehead atoms. The van der Waals surface area contributed by atoms with Gasteiger partial charge in [-0.1, -0.05) is 74.1 Å². The van der Waals surface area contributed by atoms with E-state index in [0.717, 1.165) is 16.8 Å². The molecule has 0 radical (unpaired) electrons. The van der Waals surface area contributed by atoms with Crippen molar-refractivity contribution < 1.29 is 9.90 Å². The van der Waals surface area contributed by atoms with Crippen molar-refractivity contribution in [3.8, 4) is 17.3 Å². The van der Waals surface area contributed by atoms with Gasteiger partial charge in [-0.25, -0.2) is 9.99 Å². The number of para-hydroxylation sites is 1. The van der Waals surface area contributed by atoms with E-state index in [2.05, 4.69) is 39.9 Å². The van der Waals surface area contributed by atoms with Crippen LogP contribution in [0, 0.1) is 6.92 Å². The van der Waals surface area contributed by atoms with Crippen LogP contribution in [0.5, 0.6) is 5.88 Å². The number of tetrazole rings is 1. The number of pyridine rings is 1. The van der Waals surface area contributed by atoms with Gasteiger partial charge in [-0.05, 0) is 58.7 Å². The van der Waals surface area contributed by atoms with Gasteiger partial charge in [-0.2, -0.15) is 9.78 Å². The quantitative estimate of drug-likeness (QED) is 0.166. The number of hydrogen-bond donors (Lipinski definition) is 2. The Morgan fingerprint density at radius 3 is 2.48 bits per heavy atom. The predicted molar refractivity (Wildman–Crippen MR) is 156 cm³/mol. The van der Waals surface area contributed by atoms with Crippen molar-refractivity contribution in [2.75, 3.05) is 5.75 Å². The molecule has 3 aromatic carbocycles. The van der Waals surface area contributed by atoms with E-state index in [1.807, 2.05) is 43.3 Å². The number of rotatable bonds is 8. The van der Waals surface area contributed by atoms with Gasteiger partial charge in [-0.15, -0.1) is 5.10 Å². The maximum Gasteiger partial charge on any atom is 0.265 e. The van der Waals surface area contributed by atoms with Crippen LogP contribution >= 0.6 is 11.8 Å². The van der Waals surface area contributed by atoms with Crippen LogP contribution in [0.1, 0.15) is 36.5 Å². The number of aromatic nitrogens is 5. The van der Waals surface area contributed by atoms with E-state index in [1.165, 1.54) is 22.5 Å². The zero-order valence-electron chi connectivity index (χ0n) is 22.1. The second-order valence-corrected chi connectivity index (χ2v) is 10.4. The molecule has 0 fully saturated rings. The summed E-state index contributed by atoms with van der Waals surface area (Å²) in [5.74, 6) is -0.318. The van der Waals surface area contributed by atoms with Gasteiger partial charge in [0.05, 0.1) is 28.9 Å². The van der Waals surface area contributed by atoms with Gasteiger partial charge in [0, 0.05) is 10.8 Å². The molecule has 0 aliphatic rings. The lowest BCUT2D eigenvalue weighted by Gasteiger charge is -2.14. The van der Waals surface area contributed by atoms with E-state index in [0.29, 0.717) is 33.1 Å². The summed E-state index contributed by atoms with van der Waals surface area (Å²) in [6, 6.07) is 22.1. The largest absolute Gasteiger partial charge is 0.494 e. The molecule has 2 aromatic heterocycles. The summed E-state index contributed by atoms with van der Waals surface area (Å²) in [5, 5.41) is 28.5. The fourth-order valence-electron chi connectivity index (χ4n) is 4.29. The molecule has 0 saturated heterocycles. The van der Waals surface area contributed by atoms with Gasteiger partial charge >= 0.3 is 0 Å². The minimum Gasteiger partial charge on any atom is -0.494 e. The highest BCUT2D eigenvalue weighted by molar-refractivity contribution is 7.99. The third kappa shape index (κ3) is 5.36. The van der Waals surface area contributed by atoms with E-state index < -0.39 is 0 Å². The maximum absolute atomic E-state index is 13.3. The van der Waals surface area contributed by atoms with Gasteiger partial charge in [0.15, 0.2) is 0 Å². The van der Waals surface area contributed by atoms with Crippen LogP contribution in [-0.2, 0) is 4.79 Å².